The highest BCUT2D eigenvalue weighted by atomic mass is 16.3. The van der Waals surface area contributed by atoms with E-state index in [1.165, 1.54) is 17.5 Å². The summed E-state index contributed by atoms with van der Waals surface area (Å²) in [6.07, 6.45) is 3.40. The number of nitrogens with zero attached hydrogens (tertiary/aromatic N) is 1. The molecule has 0 spiro atoms. The molecule has 140 valence electrons. The first-order chi connectivity index (χ1) is 13.1. The topological polar surface area (TPSA) is 45.5 Å². The number of fused-ring (bicyclic) bond motifs is 2. The first-order valence-corrected chi connectivity index (χ1v) is 9.67. The third kappa shape index (κ3) is 3.76. The molecule has 0 fully saturated rings. The molecule has 0 aliphatic heterocycles. The maximum absolute atomic E-state index is 12.6. The largest absolute Gasteiger partial charge is 0.459 e. The smallest absolute Gasteiger partial charge is 0.234 e. The van der Waals surface area contributed by atoms with E-state index in [4.69, 9.17) is 4.42 Å². The second kappa shape index (κ2) is 7.57. The van der Waals surface area contributed by atoms with Crippen LogP contribution < -0.4 is 5.32 Å². The molecular formula is C23H26N2O2. The number of carbonyl (C=O) groups excluding carboxylic acids is 1. The highest BCUT2D eigenvalue weighted by molar-refractivity contribution is 5.80. The van der Waals surface area contributed by atoms with Gasteiger partial charge in [-0.1, -0.05) is 42.5 Å². The van der Waals surface area contributed by atoms with Crippen molar-refractivity contribution in [3.05, 3.63) is 71.5 Å². The van der Waals surface area contributed by atoms with E-state index < -0.39 is 0 Å². The van der Waals surface area contributed by atoms with E-state index in [0.29, 0.717) is 12.6 Å². The molecule has 0 saturated heterocycles. The molecule has 1 N–H and O–H groups in total. The van der Waals surface area contributed by atoms with Gasteiger partial charge in [-0.25, -0.2) is 0 Å². The number of hydrogen-bond acceptors (Lipinski definition) is 3. The van der Waals surface area contributed by atoms with Crippen molar-refractivity contribution in [2.45, 2.75) is 38.3 Å². The zero-order valence-electron chi connectivity index (χ0n) is 15.9. The van der Waals surface area contributed by atoms with Gasteiger partial charge in [-0.15, -0.1) is 0 Å². The number of rotatable bonds is 5. The van der Waals surface area contributed by atoms with Crippen LogP contribution in [0.15, 0.2) is 59.0 Å². The predicted octanol–water partition coefficient (Wildman–Crippen LogP) is 4.62. The van der Waals surface area contributed by atoms with Crippen molar-refractivity contribution in [1.82, 2.24) is 10.2 Å². The zero-order valence-corrected chi connectivity index (χ0v) is 15.9. The number of likely N-dealkylation sites (N-methyl/N-ethyl adjacent to an activating group) is 1. The van der Waals surface area contributed by atoms with Crippen LogP contribution in [0, 0.1) is 0 Å². The van der Waals surface area contributed by atoms with Gasteiger partial charge in [0.25, 0.3) is 0 Å². The molecule has 2 atom stereocenters. The minimum Gasteiger partial charge on any atom is -0.459 e. The summed E-state index contributed by atoms with van der Waals surface area (Å²) in [5.41, 5.74) is 3.63. The normalized spacial score (nSPS) is 17.7. The van der Waals surface area contributed by atoms with E-state index in [-0.39, 0.29) is 11.9 Å². The van der Waals surface area contributed by atoms with E-state index in [9.17, 15) is 4.79 Å². The summed E-state index contributed by atoms with van der Waals surface area (Å²) in [7, 11) is 2.04. The highest BCUT2D eigenvalue weighted by Gasteiger charge is 2.25. The third-order valence-corrected chi connectivity index (χ3v) is 5.51. The summed E-state index contributed by atoms with van der Waals surface area (Å²) in [6.45, 7) is 2.34. The average molecular weight is 362 g/mol. The number of benzene rings is 2. The van der Waals surface area contributed by atoms with Gasteiger partial charge in [-0.3, -0.25) is 9.69 Å². The molecule has 1 aliphatic carbocycles. The molecule has 0 unspecified atom stereocenters. The van der Waals surface area contributed by atoms with E-state index >= 15 is 0 Å². The van der Waals surface area contributed by atoms with Crippen molar-refractivity contribution in [3.63, 3.8) is 0 Å². The highest BCUT2D eigenvalue weighted by Crippen LogP contribution is 2.33. The van der Waals surface area contributed by atoms with Gasteiger partial charge >= 0.3 is 0 Å². The van der Waals surface area contributed by atoms with Gasteiger partial charge in [0, 0.05) is 11.4 Å². The molecule has 4 nitrogen and oxygen atoms in total. The van der Waals surface area contributed by atoms with Gasteiger partial charge in [-0.2, -0.15) is 0 Å². The third-order valence-electron chi connectivity index (χ3n) is 5.51. The van der Waals surface area contributed by atoms with Crippen LogP contribution in [0.3, 0.4) is 0 Å². The van der Waals surface area contributed by atoms with Crippen molar-refractivity contribution in [1.29, 1.82) is 0 Å². The van der Waals surface area contributed by atoms with Crippen molar-refractivity contribution >= 4 is 16.9 Å². The standard InChI is InChI=1S/C23H26N2O2/c1-16(22-14-18-9-4-6-13-21(18)27-22)24-23(26)15-25(2)20-12-7-10-17-8-3-5-11-19(17)20/h3-6,8-9,11,13-14,16,20H,7,10,12,15H2,1-2H3,(H,24,26)/t16-,20-/m0/s1. The fourth-order valence-corrected chi connectivity index (χ4v) is 4.10. The Balaban J connectivity index is 1.40. The van der Waals surface area contributed by atoms with E-state index in [1.807, 2.05) is 44.3 Å². The lowest BCUT2D eigenvalue weighted by Gasteiger charge is -2.33. The molecule has 0 radical (unpaired) electrons. The maximum atomic E-state index is 12.6. The van der Waals surface area contributed by atoms with Crippen LogP contribution in [0.4, 0.5) is 0 Å². The number of nitrogens with one attached hydrogen (secondary N) is 1. The lowest BCUT2D eigenvalue weighted by molar-refractivity contribution is -0.123. The summed E-state index contributed by atoms with van der Waals surface area (Å²) >= 11 is 0. The molecule has 4 rings (SSSR count). The second-order valence-corrected chi connectivity index (χ2v) is 7.50. The van der Waals surface area contributed by atoms with E-state index in [2.05, 4.69) is 34.5 Å². The van der Waals surface area contributed by atoms with Crippen LogP contribution in [0.25, 0.3) is 11.0 Å². The van der Waals surface area contributed by atoms with Gasteiger partial charge < -0.3 is 9.73 Å². The maximum Gasteiger partial charge on any atom is 0.234 e. The molecule has 0 bridgehead atoms. The molecule has 1 aliphatic rings. The van der Waals surface area contributed by atoms with Crippen molar-refractivity contribution in [2.24, 2.45) is 0 Å². The van der Waals surface area contributed by atoms with Gasteiger partial charge in [0.2, 0.25) is 5.91 Å². The molecule has 1 amide bonds. The lowest BCUT2D eigenvalue weighted by atomic mass is 9.87. The Labute approximate surface area is 160 Å². The summed E-state index contributed by atoms with van der Waals surface area (Å²) in [5, 5.41) is 4.14. The SMILES string of the molecule is C[C@H](NC(=O)CN(C)[C@H]1CCCc2ccccc21)c1cc2ccccc2o1. The number of amides is 1. The van der Waals surface area contributed by atoms with Crippen LogP contribution >= 0.6 is 0 Å². The quantitative estimate of drug-likeness (QED) is 0.720. The Bertz CT molecular complexity index is 913. The van der Waals surface area contributed by atoms with Crippen LogP contribution in [0.1, 0.15) is 48.7 Å². The summed E-state index contributed by atoms with van der Waals surface area (Å²) in [5.74, 6) is 0.809. The van der Waals surface area contributed by atoms with Crippen LogP contribution in [-0.4, -0.2) is 24.4 Å². The monoisotopic (exact) mass is 362 g/mol. The van der Waals surface area contributed by atoms with E-state index in [1.54, 1.807) is 0 Å². The summed E-state index contributed by atoms with van der Waals surface area (Å²) in [4.78, 5) is 14.8. The van der Waals surface area contributed by atoms with Gasteiger partial charge in [0.05, 0.1) is 12.6 Å². The van der Waals surface area contributed by atoms with Crippen molar-refractivity contribution < 1.29 is 9.21 Å². The van der Waals surface area contributed by atoms with Gasteiger partial charge in [0.15, 0.2) is 0 Å². The zero-order chi connectivity index (χ0) is 18.8. The Hall–Kier alpha value is -2.59. The Morgan fingerprint density at radius 3 is 2.85 bits per heavy atom. The Morgan fingerprint density at radius 2 is 2.00 bits per heavy atom. The van der Waals surface area contributed by atoms with E-state index in [0.717, 1.165) is 29.6 Å². The van der Waals surface area contributed by atoms with Gasteiger partial charge in [-0.05, 0) is 56.5 Å². The molecule has 0 saturated carbocycles. The first kappa shape index (κ1) is 17.8. The van der Waals surface area contributed by atoms with Gasteiger partial charge in [0.1, 0.15) is 11.3 Å². The van der Waals surface area contributed by atoms with Crippen LogP contribution in [0.2, 0.25) is 0 Å². The molecule has 4 heteroatoms. The number of aryl methyl sites for hydroxylation is 1. The first-order valence-electron chi connectivity index (χ1n) is 9.67. The molecule has 27 heavy (non-hydrogen) atoms. The molecule has 1 aromatic heterocycles. The van der Waals surface area contributed by atoms with Crippen LogP contribution in [-0.2, 0) is 11.2 Å². The van der Waals surface area contributed by atoms with Crippen molar-refractivity contribution in [2.75, 3.05) is 13.6 Å². The fraction of sp³-hybridized carbons (Fsp3) is 0.348. The second-order valence-electron chi connectivity index (χ2n) is 7.50. The minimum absolute atomic E-state index is 0.0218. The Kier molecular flexibility index (Phi) is 4.99. The number of furan rings is 1. The van der Waals surface area contributed by atoms with Crippen molar-refractivity contribution in [3.8, 4) is 0 Å². The number of para-hydroxylation sites is 1. The number of carbonyl (C=O) groups is 1. The molecule has 3 aromatic rings. The predicted molar refractivity (Wildman–Crippen MR) is 108 cm³/mol. The number of hydrogen-bond donors (Lipinski definition) is 1. The Morgan fingerprint density at radius 1 is 1.22 bits per heavy atom. The summed E-state index contributed by atoms with van der Waals surface area (Å²) < 4.78 is 5.87. The fourth-order valence-electron chi connectivity index (χ4n) is 4.10. The summed E-state index contributed by atoms with van der Waals surface area (Å²) in [6, 6.07) is 18.7. The average Bonchev–Trinajstić information content (AvgIpc) is 3.12. The molecule has 2 aromatic carbocycles. The molecular weight excluding hydrogens is 336 g/mol. The lowest BCUT2D eigenvalue weighted by Crippen LogP contribution is -2.39. The molecule has 1 heterocycles. The minimum atomic E-state index is -0.156. The van der Waals surface area contributed by atoms with Crippen LogP contribution in [0.5, 0.6) is 0 Å².